The lowest BCUT2D eigenvalue weighted by Gasteiger charge is -2.36. The molecule has 5 nitrogen and oxygen atoms in total. The molecule has 1 aromatic rings. The van der Waals surface area contributed by atoms with E-state index in [0.29, 0.717) is 30.9 Å². The molecule has 0 bridgehead atoms. The summed E-state index contributed by atoms with van der Waals surface area (Å²) in [5, 5.41) is 18.9. The fraction of sp³-hybridized carbons (Fsp3) is 0.462. The number of nitrogens with two attached hydrogens (primary N) is 1. The monoisotopic (exact) mass is 250 g/mol. The van der Waals surface area contributed by atoms with Gasteiger partial charge in [-0.3, -0.25) is 0 Å². The van der Waals surface area contributed by atoms with Crippen molar-refractivity contribution in [3.63, 3.8) is 0 Å². The third-order valence-corrected chi connectivity index (χ3v) is 3.45. The predicted octanol–water partition coefficient (Wildman–Crippen LogP) is 1.17. The van der Waals surface area contributed by atoms with Gasteiger partial charge in [0.2, 0.25) is 0 Å². The maximum absolute atomic E-state index is 11.2. The van der Waals surface area contributed by atoms with Gasteiger partial charge in [0.05, 0.1) is 17.4 Å². The van der Waals surface area contributed by atoms with Crippen LogP contribution in [0, 0.1) is 5.92 Å². The van der Waals surface area contributed by atoms with Gasteiger partial charge in [-0.05, 0) is 30.5 Å². The molecule has 4 N–H and O–H groups in total. The summed E-state index contributed by atoms with van der Waals surface area (Å²) in [6.07, 6.45) is 0.355. The van der Waals surface area contributed by atoms with Crippen molar-refractivity contribution in [1.82, 2.24) is 0 Å². The molecule has 1 aliphatic heterocycles. The van der Waals surface area contributed by atoms with Gasteiger partial charge in [0.25, 0.3) is 0 Å². The van der Waals surface area contributed by atoms with E-state index in [2.05, 4.69) is 0 Å². The number of aliphatic hydroxyl groups excluding tert-OH is 1. The molecule has 0 radical (unpaired) electrons. The Morgan fingerprint density at radius 3 is 2.83 bits per heavy atom. The molecule has 0 aromatic heterocycles. The molecule has 2 rings (SSSR count). The predicted molar refractivity (Wildman–Crippen MR) is 69.8 cm³/mol. The van der Waals surface area contributed by atoms with Crippen molar-refractivity contribution in [1.29, 1.82) is 0 Å². The number of piperidine rings is 1. The second kappa shape index (κ2) is 4.86. The summed E-state index contributed by atoms with van der Waals surface area (Å²) in [7, 11) is 0. The number of rotatable bonds is 2. The first-order valence-electron chi connectivity index (χ1n) is 6.05. The average Bonchev–Trinajstić information content (AvgIpc) is 2.32. The van der Waals surface area contributed by atoms with Crippen molar-refractivity contribution in [2.45, 2.75) is 19.4 Å². The Hall–Kier alpha value is -1.75. The largest absolute Gasteiger partial charge is 0.478 e. The number of nitrogen functional groups attached to an aromatic ring is 1. The lowest BCUT2D eigenvalue weighted by atomic mass is 9.95. The van der Waals surface area contributed by atoms with Crippen LogP contribution >= 0.6 is 0 Å². The van der Waals surface area contributed by atoms with Crippen molar-refractivity contribution in [2.24, 2.45) is 5.92 Å². The van der Waals surface area contributed by atoms with Gasteiger partial charge in [-0.25, -0.2) is 4.79 Å². The molecular weight excluding hydrogens is 232 g/mol. The van der Waals surface area contributed by atoms with E-state index in [1.165, 1.54) is 6.07 Å². The third kappa shape index (κ3) is 2.41. The molecule has 1 fully saturated rings. The van der Waals surface area contributed by atoms with Crippen molar-refractivity contribution < 1.29 is 15.0 Å². The van der Waals surface area contributed by atoms with Gasteiger partial charge in [-0.15, -0.1) is 0 Å². The summed E-state index contributed by atoms with van der Waals surface area (Å²) in [6, 6.07) is 4.92. The third-order valence-electron chi connectivity index (χ3n) is 3.45. The Balaban J connectivity index is 2.30. The summed E-state index contributed by atoms with van der Waals surface area (Å²) >= 11 is 0. The molecule has 5 heteroatoms. The van der Waals surface area contributed by atoms with Crippen molar-refractivity contribution in [3.8, 4) is 0 Å². The summed E-state index contributed by atoms with van der Waals surface area (Å²) in [5.41, 5.74) is 6.97. The topological polar surface area (TPSA) is 86.8 Å². The number of anilines is 2. The average molecular weight is 250 g/mol. The number of carboxylic acid groups (broad SMARTS) is 1. The first-order valence-corrected chi connectivity index (χ1v) is 6.05. The zero-order valence-electron chi connectivity index (χ0n) is 10.3. The van der Waals surface area contributed by atoms with Gasteiger partial charge < -0.3 is 20.8 Å². The molecule has 0 saturated carbocycles. The van der Waals surface area contributed by atoms with Crippen molar-refractivity contribution in [2.75, 3.05) is 23.7 Å². The maximum Gasteiger partial charge on any atom is 0.337 e. The van der Waals surface area contributed by atoms with Crippen LogP contribution < -0.4 is 10.6 Å². The SMILES string of the molecule is CC1CN(c2ccc(N)cc2C(=O)O)CCC1O. The van der Waals surface area contributed by atoms with Gasteiger partial charge >= 0.3 is 5.97 Å². The smallest absolute Gasteiger partial charge is 0.337 e. The Morgan fingerprint density at radius 2 is 2.22 bits per heavy atom. The zero-order valence-corrected chi connectivity index (χ0v) is 10.3. The van der Waals surface area contributed by atoms with Gasteiger partial charge in [-0.2, -0.15) is 0 Å². The first-order chi connectivity index (χ1) is 8.49. The molecule has 98 valence electrons. The molecule has 1 aromatic carbocycles. The van der Waals surface area contributed by atoms with E-state index in [4.69, 9.17) is 5.73 Å². The Bertz CT molecular complexity index is 462. The highest BCUT2D eigenvalue weighted by atomic mass is 16.4. The number of carbonyl (C=O) groups is 1. The minimum Gasteiger partial charge on any atom is -0.478 e. The van der Waals surface area contributed by atoms with Gasteiger partial charge in [0.1, 0.15) is 0 Å². The van der Waals surface area contributed by atoms with Crippen molar-refractivity contribution >= 4 is 17.3 Å². The highest BCUT2D eigenvalue weighted by molar-refractivity contribution is 5.95. The molecule has 18 heavy (non-hydrogen) atoms. The molecule has 0 spiro atoms. The first kappa shape index (κ1) is 12.7. The Kier molecular flexibility index (Phi) is 3.43. The van der Waals surface area contributed by atoms with Crippen LogP contribution in [0.15, 0.2) is 18.2 Å². The maximum atomic E-state index is 11.2. The highest BCUT2D eigenvalue weighted by Crippen LogP contribution is 2.28. The molecule has 0 aliphatic carbocycles. The van der Waals surface area contributed by atoms with Crippen LogP contribution in [0.3, 0.4) is 0 Å². The molecule has 1 saturated heterocycles. The van der Waals surface area contributed by atoms with E-state index in [1.54, 1.807) is 12.1 Å². The Labute approximate surface area is 106 Å². The lowest BCUT2D eigenvalue weighted by Crippen LogP contribution is -2.42. The summed E-state index contributed by atoms with van der Waals surface area (Å²) in [5.74, 6) is -0.839. The van der Waals surface area contributed by atoms with E-state index >= 15 is 0 Å². The molecule has 2 unspecified atom stereocenters. The lowest BCUT2D eigenvalue weighted by molar-refractivity contribution is 0.0697. The van der Waals surface area contributed by atoms with Crippen molar-refractivity contribution in [3.05, 3.63) is 23.8 Å². The van der Waals surface area contributed by atoms with Crippen LogP contribution in [0.2, 0.25) is 0 Å². The van der Waals surface area contributed by atoms with Crippen LogP contribution in [0.1, 0.15) is 23.7 Å². The van der Waals surface area contributed by atoms with Gasteiger partial charge in [-0.1, -0.05) is 6.92 Å². The fourth-order valence-corrected chi connectivity index (χ4v) is 2.35. The van der Waals surface area contributed by atoms with Crippen LogP contribution in [0.25, 0.3) is 0 Å². The second-order valence-corrected chi connectivity index (χ2v) is 4.86. The summed E-state index contributed by atoms with van der Waals surface area (Å²) < 4.78 is 0. The van der Waals surface area contributed by atoms with Crippen LogP contribution in [-0.2, 0) is 0 Å². The van der Waals surface area contributed by atoms with E-state index in [1.807, 2.05) is 11.8 Å². The molecular formula is C13H18N2O3. The number of hydrogen-bond acceptors (Lipinski definition) is 4. The highest BCUT2D eigenvalue weighted by Gasteiger charge is 2.26. The number of benzene rings is 1. The van der Waals surface area contributed by atoms with Gasteiger partial charge in [0.15, 0.2) is 0 Å². The number of carboxylic acids is 1. The van der Waals surface area contributed by atoms with E-state index in [0.717, 1.165) is 0 Å². The normalized spacial score (nSPS) is 24.0. The van der Waals surface area contributed by atoms with Crippen LogP contribution in [-0.4, -0.2) is 35.4 Å². The number of hydrogen-bond donors (Lipinski definition) is 3. The molecule has 1 aliphatic rings. The van der Waals surface area contributed by atoms with Crippen LogP contribution in [0.5, 0.6) is 0 Å². The standard InChI is InChI=1S/C13H18N2O3/c1-8-7-15(5-4-12(8)16)11-3-2-9(14)6-10(11)13(17)18/h2-3,6,8,12,16H,4-5,7,14H2,1H3,(H,17,18). The molecule has 2 atom stereocenters. The second-order valence-electron chi connectivity index (χ2n) is 4.86. The van der Waals surface area contributed by atoms with Crippen LogP contribution in [0.4, 0.5) is 11.4 Å². The number of aromatic carboxylic acids is 1. The Morgan fingerprint density at radius 1 is 1.50 bits per heavy atom. The summed E-state index contributed by atoms with van der Waals surface area (Å²) in [4.78, 5) is 13.2. The quantitative estimate of drug-likeness (QED) is 0.686. The minimum absolute atomic E-state index is 0.137. The summed E-state index contributed by atoms with van der Waals surface area (Å²) in [6.45, 7) is 3.29. The fourth-order valence-electron chi connectivity index (χ4n) is 2.35. The van der Waals surface area contributed by atoms with E-state index < -0.39 is 5.97 Å². The zero-order chi connectivity index (χ0) is 13.3. The molecule has 0 amide bonds. The van der Waals surface area contributed by atoms with E-state index in [-0.39, 0.29) is 17.6 Å². The molecule has 1 heterocycles. The van der Waals surface area contributed by atoms with Gasteiger partial charge in [0, 0.05) is 18.8 Å². The van der Waals surface area contributed by atoms with E-state index in [9.17, 15) is 15.0 Å². The minimum atomic E-state index is -0.976. The number of nitrogens with zero attached hydrogens (tertiary/aromatic N) is 1. The number of aliphatic hydroxyl groups is 1.